The predicted octanol–water partition coefficient (Wildman–Crippen LogP) is 5.71. The third-order valence-electron chi connectivity index (χ3n) is 6.60. The van der Waals surface area contributed by atoms with Crippen LogP contribution in [0.1, 0.15) is 64.3 Å². The molecule has 196 valence electrons. The Morgan fingerprint density at radius 1 is 1.14 bits per heavy atom. The fraction of sp³-hybridized carbons (Fsp3) is 0.400. The summed E-state index contributed by atoms with van der Waals surface area (Å²) in [6, 6.07) is 12.4. The Bertz CT molecular complexity index is 1350. The monoisotopic (exact) mass is 504 g/mol. The Morgan fingerprint density at radius 3 is 2.54 bits per heavy atom. The molecule has 1 amide bonds. The lowest BCUT2D eigenvalue weighted by Gasteiger charge is -2.26. The first-order valence-corrected chi connectivity index (χ1v) is 12.8. The number of aromatic amines is 1. The number of ketones is 1. The average molecular weight is 505 g/mol. The molecular weight excluding hydrogens is 468 g/mol. The summed E-state index contributed by atoms with van der Waals surface area (Å²) in [5.74, 6) is -0.824. The minimum atomic E-state index is -0.753. The van der Waals surface area contributed by atoms with Crippen molar-refractivity contribution in [2.24, 2.45) is 0 Å². The predicted molar refractivity (Wildman–Crippen MR) is 145 cm³/mol. The number of Topliss-reactive ketones (excluding diaryl/α,β-unsaturated/α-hetero) is 1. The number of carbonyl (C=O) groups is 2. The SMILES string of the molecule is CCOc1ccc(/C(O)=C2\C(=O)C(=O)N(CCOC(C)C)C2c2c[nH]c3ccccc23)cc1C(C)(C)C. The number of nitrogens with zero attached hydrogens (tertiary/aromatic N) is 1. The number of H-pyrrole nitrogens is 1. The largest absolute Gasteiger partial charge is 0.507 e. The van der Waals surface area contributed by atoms with Gasteiger partial charge >= 0.3 is 0 Å². The van der Waals surface area contributed by atoms with Crippen molar-refractivity contribution >= 4 is 28.4 Å². The molecule has 0 bridgehead atoms. The smallest absolute Gasteiger partial charge is 0.295 e. The highest BCUT2D eigenvalue weighted by atomic mass is 16.5. The molecule has 1 aromatic heterocycles. The lowest BCUT2D eigenvalue weighted by molar-refractivity contribution is -0.140. The highest BCUT2D eigenvalue weighted by Gasteiger charge is 2.46. The molecule has 37 heavy (non-hydrogen) atoms. The highest BCUT2D eigenvalue weighted by molar-refractivity contribution is 6.46. The van der Waals surface area contributed by atoms with Crippen LogP contribution in [-0.4, -0.2) is 52.5 Å². The number of fused-ring (bicyclic) bond motifs is 1. The molecule has 7 heteroatoms. The van der Waals surface area contributed by atoms with Crippen LogP contribution in [0.25, 0.3) is 16.7 Å². The minimum absolute atomic E-state index is 0.0111. The van der Waals surface area contributed by atoms with Gasteiger partial charge in [-0.25, -0.2) is 0 Å². The minimum Gasteiger partial charge on any atom is -0.507 e. The van der Waals surface area contributed by atoms with Crippen LogP contribution in [-0.2, 0) is 19.7 Å². The molecular formula is C30H36N2O5. The molecule has 4 rings (SSSR count). The summed E-state index contributed by atoms with van der Waals surface area (Å²) in [4.78, 5) is 31.5. The average Bonchev–Trinajstić information content (AvgIpc) is 3.37. The normalized spacial score (nSPS) is 17.8. The zero-order chi connectivity index (χ0) is 26.9. The third kappa shape index (κ3) is 5.14. The summed E-state index contributed by atoms with van der Waals surface area (Å²) in [7, 11) is 0. The fourth-order valence-electron chi connectivity index (χ4n) is 4.84. The molecule has 3 aromatic rings. The summed E-state index contributed by atoms with van der Waals surface area (Å²) in [6.45, 7) is 13.0. The maximum Gasteiger partial charge on any atom is 0.295 e. The standard InChI is InChI=1S/C30H36N2O5/c1-7-36-24-13-12-19(16-22(24)30(4,5)6)27(33)25-26(21-17-31-23-11-9-8-10-20(21)23)32(29(35)28(25)34)14-15-37-18(2)3/h8-13,16-18,26,31,33H,7,14-15H2,1-6H3/b27-25+. The number of amides is 1. The van der Waals surface area contributed by atoms with Crippen molar-refractivity contribution in [2.45, 2.75) is 59.1 Å². The number of nitrogens with one attached hydrogen (secondary N) is 1. The fourth-order valence-corrected chi connectivity index (χ4v) is 4.84. The van der Waals surface area contributed by atoms with E-state index < -0.39 is 17.7 Å². The van der Waals surface area contributed by atoms with Crippen LogP contribution in [0, 0.1) is 0 Å². The number of aliphatic hydroxyl groups is 1. The molecule has 1 saturated heterocycles. The van der Waals surface area contributed by atoms with Crippen molar-refractivity contribution in [2.75, 3.05) is 19.8 Å². The number of ether oxygens (including phenoxy) is 2. The molecule has 2 heterocycles. The lowest BCUT2D eigenvalue weighted by atomic mass is 9.84. The quantitative estimate of drug-likeness (QED) is 0.233. The van der Waals surface area contributed by atoms with Gasteiger partial charge in [-0.3, -0.25) is 9.59 Å². The molecule has 7 nitrogen and oxygen atoms in total. The van der Waals surface area contributed by atoms with Gasteiger partial charge in [-0.05, 0) is 50.5 Å². The number of hydrogen-bond donors (Lipinski definition) is 2. The molecule has 1 fully saturated rings. The Morgan fingerprint density at radius 2 is 1.86 bits per heavy atom. The van der Waals surface area contributed by atoms with Crippen LogP contribution >= 0.6 is 0 Å². The number of hydrogen-bond acceptors (Lipinski definition) is 5. The van der Waals surface area contributed by atoms with Gasteiger partial charge in [-0.1, -0.05) is 39.0 Å². The van der Waals surface area contributed by atoms with E-state index in [0.717, 1.165) is 27.8 Å². The number of rotatable bonds is 8. The summed E-state index contributed by atoms with van der Waals surface area (Å²) in [5, 5.41) is 12.5. The van der Waals surface area contributed by atoms with Gasteiger partial charge in [0, 0.05) is 40.3 Å². The first-order chi connectivity index (χ1) is 17.5. The first kappa shape index (κ1) is 26.5. The number of aliphatic hydroxyl groups excluding tert-OH is 1. The number of likely N-dealkylation sites (tertiary alicyclic amines) is 1. The Balaban J connectivity index is 1.89. The third-order valence-corrected chi connectivity index (χ3v) is 6.60. The van der Waals surface area contributed by atoms with Crippen molar-refractivity contribution in [3.05, 3.63) is 70.9 Å². The lowest BCUT2D eigenvalue weighted by Crippen LogP contribution is -2.33. The topological polar surface area (TPSA) is 91.9 Å². The van der Waals surface area contributed by atoms with Gasteiger partial charge in [0.25, 0.3) is 11.7 Å². The van der Waals surface area contributed by atoms with Crippen molar-refractivity contribution in [1.29, 1.82) is 0 Å². The zero-order valence-electron chi connectivity index (χ0n) is 22.4. The second-order valence-corrected chi connectivity index (χ2v) is 10.6. The van der Waals surface area contributed by atoms with E-state index in [1.54, 1.807) is 6.07 Å². The van der Waals surface area contributed by atoms with E-state index >= 15 is 0 Å². The van der Waals surface area contributed by atoms with Gasteiger partial charge < -0.3 is 24.5 Å². The van der Waals surface area contributed by atoms with Gasteiger partial charge in [-0.2, -0.15) is 0 Å². The summed E-state index contributed by atoms with van der Waals surface area (Å²) in [5.41, 5.74) is 2.82. The van der Waals surface area contributed by atoms with Crippen LogP contribution in [0.3, 0.4) is 0 Å². The first-order valence-electron chi connectivity index (χ1n) is 12.8. The van der Waals surface area contributed by atoms with Crippen LogP contribution < -0.4 is 4.74 Å². The molecule has 1 aliphatic heterocycles. The molecule has 2 aromatic carbocycles. The number of aromatic nitrogens is 1. The Hall–Kier alpha value is -3.58. The summed E-state index contributed by atoms with van der Waals surface area (Å²) >= 11 is 0. The maximum atomic E-state index is 13.4. The van der Waals surface area contributed by atoms with Crippen LogP contribution in [0.5, 0.6) is 5.75 Å². The Labute approximate surface area is 218 Å². The molecule has 1 unspecified atom stereocenters. The van der Waals surface area contributed by atoms with E-state index in [1.807, 2.05) is 63.4 Å². The van der Waals surface area contributed by atoms with Gasteiger partial charge in [-0.15, -0.1) is 0 Å². The summed E-state index contributed by atoms with van der Waals surface area (Å²) in [6.07, 6.45) is 1.80. The van der Waals surface area contributed by atoms with Gasteiger partial charge in [0.05, 0.1) is 30.9 Å². The van der Waals surface area contributed by atoms with E-state index in [4.69, 9.17) is 9.47 Å². The second kappa shape index (κ2) is 10.4. The van der Waals surface area contributed by atoms with Crippen LogP contribution in [0.2, 0.25) is 0 Å². The van der Waals surface area contributed by atoms with Gasteiger partial charge in [0.2, 0.25) is 0 Å². The maximum absolute atomic E-state index is 13.4. The molecule has 2 N–H and O–H groups in total. The van der Waals surface area contributed by atoms with Crippen molar-refractivity contribution in [3.8, 4) is 5.75 Å². The summed E-state index contributed by atoms with van der Waals surface area (Å²) < 4.78 is 11.5. The molecule has 1 atom stereocenters. The van der Waals surface area contributed by atoms with E-state index in [9.17, 15) is 14.7 Å². The molecule has 0 saturated carbocycles. The van der Waals surface area contributed by atoms with Crippen molar-refractivity contribution in [1.82, 2.24) is 9.88 Å². The second-order valence-electron chi connectivity index (χ2n) is 10.6. The van der Waals surface area contributed by atoms with E-state index in [0.29, 0.717) is 12.2 Å². The number of para-hydroxylation sites is 1. The number of carbonyl (C=O) groups excluding carboxylic acids is 2. The van der Waals surface area contributed by atoms with E-state index in [1.165, 1.54) is 4.90 Å². The molecule has 1 aliphatic rings. The van der Waals surface area contributed by atoms with E-state index in [-0.39, 0.29) is 36.0 Å². The molecule has 0 aliphatic carbocycles. The van der Waals surface area contributed by atoms with Crippen molar-refractivity contribution < 1.29 is 24.2 Å². The van der Waals surface area contributed by atoms with Gasteiger partial charge in [0.1, 0.15) is 11.5 Å². The van der Waals surface area contributed by atoms with Crippen LogP contribution in [0.15, 0.2) is 54.2 Å². The molecule has 0 spiro atoms. The number of benzene rings is 2. The molecule has 0 radical (unpaired) electrons. The van der Waals surface area contributed by atoms with Crippen LogP contribution in [0.4, 0.5) is 0 Å². The van der Waals surface area contributed by atoms with E-state index in [2.05, 4.69) is 25.8 Å². The Kier molecular flexibility index (Phi) is 7.46. The van der Waals surface area contributed by atoms with Gasteiger partial charge in [0.15, 0.2) is 0 Å². The zero-order valence-corrected chi connectivity index (χ0v) is 22.4. The van der Waals surface area contributed by atoms with Crippen molar-refractivity contribution in [3.63, 3.8) is 0 Å². The highest BCUT2D eigenvalue weighted by Crippen LogP contribution is 2.43.